The summed E-state index contributed by atoms with van der Waals surface area (Å²) in [5, 5.41) is 10.5. The van der Waals surface area contributed by atoms with Gasteiger partial charge in [0.05, 0.1) is 17.8 Å². The van der Waals surface area contributed by atoms with Gasteiger partial charge >= 0.3 is 0 Å². The molecule has 0 aromatic carbocycles. The van der Waals surface area contributed by atoms with E-state index in [0.29, 0.717) is 4.70 Å². The number of aryl methyl sites for hydroxylation is 1. The summed E-state index contributed by atoms with van der Waals surface area (Å²) in [6.07, 6.45) is 4.19. The molecule has 1 saturated carbocycles. The zero-order valence-corrected chi connectivity index (χ0v) is 16.0. The molecule has 134 valence electrons. The zero-order valence-electron chi connectivity index (χ0n) is 13.5. The van der Waals surface area contributed by atoms with E-state index in [1.165, 1.54) is 17.8 Å². The van der Waals surface area contributed by atoms with Crippen LogP contribution in [0.1, 0.15) is 30.4 Å². The molecule has 0 amide bonds. The number of fused-ring (bicyclic) bond motifs is 2. The SMILES string of the molecule is Cc1[nH]ncc1-c1cc2nc(C3C[C@H]4C[C@H]4CN3)[nH]c(=O)c2s1.Cl.Cl. The van der Waals surface area contributed by atoms with Crippen molar-refractivity contribution in [3.05, 3.63) is 34.1 Å². The highest BCUT2D eigenvalue weighted by Crippen LogP contribution is 2.47. The summed E-state index contributed by atoms with van der Waals surface area (Å²) in [6, 6.07) is 2.18. The molecule has 3 aromatic rings. The molecule has 3 N–H and O–H groups in total. The van der Waals surface area contributed by atoms with Gasteiger partial charge in [-0.05, 0) is 44.2 Å². The maximum atomic E-state index is 12.5. The highest BCUT2D eigenvalue weighted by molar-refractivity contribution is 7.22. The summed E-state index contributed by atoms with van der Waals surface area (Å²) in [5.74, 6) is 2.44. The highest BCUT2D eigenvalue weighted by atomic mass is 35.5. The molecule has 25 heavy (non-hydrogen) atoms. The van der Waals surface area contributed by atoms with Gasteiger partial charge in [0.25, 0.3) is 5.56 Å². The second kappa shape index (κ2) is 6.72. The molecule has 2 fully saturated rings. The molecule has 3 atom stereocenters. The summed E-state index contributed by atoms with van der Waals surface area (Å²) >= 11 is 1.47. The molecular weight excluding hydrogens is 381 g/mol. The minimum atomic E-state index is -0.0397. The van der Waals surface area contributed by atoms with E-state index in [4.69, 9.17) is 4.98 Å². The summed E-state index contributed by atoms with van der Waals surface area (Å²) in [4.78, 5) is 21.2. The lowest BCUT2D eigenvalue weighted by Gasteiger charge is -2.21. The Kier molecular flexibility index (Phi) is 4.94. The third kappa shape index (κ3) is 3.10. The maximum absolute atomic E-state index is 12.5. The molecule has 0 radical (unpaired) electrons. The van der Waals surface area contributed by atoms with Crippen LogP contribution in [0.4, 0.5) is 0 Å². The topological polar surface area (TPSA) is 86.5 Å². The molecule has 1 saturated heterocycles. The summed E-state index contributed by atoms with van der Waals surface area (Å²) in [6.45, 7) is 3.02. The number of H-pyrrole nitrogens is 2. The van der Waals surface area contributed by atoms with Crippen molar-refractivity contribution in [2.75, 3.05) is 6.54 Å². The Hall–Kier alpha value is -1.41. The number of aromatic nitrogens is 4. The first-order valence-electron chi connectivity index (χ1n) is 7.96. The van der Waals surface area contributed by atoms with Gasteiger partial charge in [0, 0.05) is 16.1 Å². The fourth-order valence-electron chi connectivity index (χ4n) is 3.59. The van der Waals surface area contributed by atoms with Gasteiger partial charge < -0.3 is 10.3 Å². The van der Waals surface area contributed by atoms with Crippen molar-refractivity contribution >= 4 is 46.4 Å². The number of halogens is 2. The van der Waals surface area contributed by atoms with Crippen LogP contribution in [0.25, 0.3) is 20.7 Å². The van der Waals surface area contributed by atoms with Crippen molar-refractivity contribution in [1.29, 1.82) is 0 Å². The van der Waals surface area contributed by atoms with Crippen LogP contribution in [0, 0.1) is 18.8 Å². The molecule has 0 spiro atoms. The van der Waals surface area contributed by atoms with Crippen LogP contribution in [-0.2, 0) is 0 Å². The van der Waals surface area contributed by atoms with Gasteiger partial charge in [-0.25, -0.2) is 4.98 Å². The van der Waals surface area contributed by atoms with Crippen LogP contribution >= 0.6 is 36.2 Å². The van der Waals surface area contributed by atoms with Gasteiger partial charge in [-0.3, -0.25) is 9.89 Å². The maximum Gasteiger partial charge on any atom is 0.268 e. The minimum Gasteiger partial charge on any atom is -0.308 e. The first kappa shape index (κ1) is 18.4. The Morgan fingerprint density at radius 2 is 2.08 bits per heavy atom. The van der Waals surface area contributed by atoms with Crippen molar-refractivity contribution in [1.82, 2.24) is 25.5 Å². The molecule has 6 nitrogen and oxygen atoms in total. The van der Waals surface area contributed by atoms with E-state index >= 15 is 0 Å². The second-order valence-electron chi connectivity index (χ2n) is 6.64. The van der Waals surface area contributed by atoms with E-state index in [1.807, 2.05) is 13.0 Å². The van der Waals surface area contributed by atoms with Crippen LogP contribution in [-0.4, -0.2) is 26.7 Å². The number of thiophene rings is 1. The van der Waals surface area contributed by atoms with Crippen molar-refractivity contribution in [3.63, 3.8) is 0 Å². The monoisotopic (exact) mass is 399 g/mol. The Labute approximate surface area is 160 Å². The Morgan fingerprint density at radius 1 is 1.24 bits per heavy atom. The summed E-state index contributed by atoms with van der Waals surface area (Å²) in [5.41, 5.74) is 2.78. The third-order valence-corrected chi connectivity index (χ3v) is 6.22. The Bertz CT molecular complexity index is 965. The standard InChI is InChI=1S/C16H17N5OS.2ClH/c1-7-10(6-18-21-7)13-4-11-14(23-13)16(22)20-15(19-11)12-3-8-2-9(8)5-17-12;;/h4,6,8-9,12,17H,2-3,5H2,1H3,(H,18,21)(H,19,20,22);2*1H/t8-,9+,12?;;/m1../s1. The van der Waals surface area contributed by atoms with E-state index in [0.717, 1.165) is 52.3 Å². The lowest BCUT2D eigenvalue weighted by atomic mass is 10.0. The molecule has 3 aromatic heterocycles. The lowest BCUT2D eigenvalue weighted by Crippen LogP contribution is -2.31. The van der Waals surface area contributed by atoms with Crippen LogP contribution in [0.15, 0.2) is 17.1 Å². The minimum absolute atomic E-state index is 0. The molecule has 0 bridgehead atoms. The van der Waals surface area contributed by atoms with Gasteiger partial charge in [0.15, 0.2) is 0 Å². The van der Waals surface area contributed by atoms with Crippen LogP contribution in [0.5, 0.6) is 0 Å². The van der Waals surface area contributed by atoms with Crippen molar-refractivity contribution in [3.8, 4) is 10.4 Å². The average Bonchev–Trinajstić information content (AvgIpc) is 2.98. The Balaban J connectivity index is 0.000000911. The molecule has 1 aliphatic carbocycles. The first-order valence-corrected chi connectivity index (χ1v) is 8.78. The largest absolute Gasteiger partial charge is 0.308 e. The van der Waals surface area contributed by atoms with E-state index in [9.17, 15) is 4.79 Å². The van der Waals surface area contributed by atoms with Crippen molar-refractivity contribution < 1.29 is 0 Å². The van der Waals surface area contributed by atoms with E-state index in [1.54, 1.807) is 6.20 Å². The van der Waals surface area contributed by atoms with Gasteiger partial charge in [0.1, 0.15) is 10.5 Å². The van der Waals surface area contributed by atoms with Crippen molar-refractivity contribution in [2.45, 2.75) is 25.8 Å². The van der Waals surface area contributed by atoms with Gasteiger partial charge in [0.2, 0.25) is 0 Å². The van der Waals surface area contributed by atoms with Gasteiger partial charge in [-0.15, -0.1) is 36.2 Å². The van der Waals surface area contributed by atoms with Crippen LogP contribution < -0.4 is 10.9 Å². The Morgan fingerprint density at radius 3 is 2.80 bits per heavy atom. The predicted octanol–water partition coefficient (Wildman–Crippen LogP) is 3.20. The number of piperidine rings is 1. The third-order valence-electron chi connectivity index (χ3n) is 5.06. The fraction of sp³-hybridized carbons (Fsp3) is 0.438. The number of hydrogen-bond donors (Lipinski definition) is 3. The van der Waals surface area contributed by atoms with Crippen LogP contribution in [0.2, 0.25) is 0 Å². The van der Waals surface area contributed by atoms with Gasteiger partial charge in [-0.1, -0.05) is 0 Å². The first-order chi connectivity index (χ1) is 11.2. The molecule has 4 heterocycles. The summed E-state index contributed by atoms with van der Waals surface area (Å²) < 4.78 is 0.685. The van der Waals surface area contributed by atoms with E-state index in [-0.39, 0.29) is 36.4 Å². The predicted molar refractivity (Wildman–Crippen MR) is 104 cm³/mol. The quantitative estimate of drug-likeness (QED) is 0.617. The fourth-order valence-corrected chi connectivity index (χ4v) is 4.65. The van der Waals surface area contributed by atoms with E-state index in [2.05, 4.69) is 20.5 Å². The molecule has 1 unspecified atom stereocenters. The molecule has 2 aliphatic rings. The number of nitrogens with one attached hydrogen (secondary N) is 3. The van der Waals surface area contributed by atoms with Gasteiger partial charge in [-0.2, -0.15) is 5.10 Å². The normalized spacial score (nSPS) is 24.3. The van der Waals surface area contributed by atoms with Crippen LogP contribution in [0.3, 0.4) is 0 Å². The molecule has 5 rings (SSSR count). The zero-order chi connectivity index (χ0) is 15.6. The average molecular weight is 400 g/mol. The lowest BCUT2D eigenvalue weighted by molar-refractivity contribution is 0.381. The molecule has 1 aliphatic heterocycles. The number of nitrogens with zero attached hydrogens (tertiary/aromatic N) is 2. The number of aromatic amines is 2. The summed E-state index contributed by atoms with van der Waals surface area (Å²) in [7, 11) is 0. The number of hydrogen-bond acceptors (Lipinski definition) is 5. The highest BCUT2D eigenvalue weighted by Gasteiger charge is 2.42. The molecular formula is C16H19Cl2N5OS. The second-order valence-corrected chi connectivity index (χ2v) is 7.69. The van der Waals surface area contributed by atoms with Crippen molar-refractivity contribution in [2.24, 2.45) is 11.8 Å². The smallest absolute Gasteiger partial charge is 0.268 e. The number of rotatable bonds is 2. The van der Waals surface area contributed by atoms with E-state index < -0.39 is 0 Å². The molecule has 9 heteroatoms.